The molecule has 174 valence electrons. The van der Waals surface area contributed by atoms with Crippen LogP contribution in [0.15, 0.2) is 42.5 Å². The highest BCUT2D eigenvalue weighted by molar-refractivity contribution is 5.79. The summed E-state index contributed by atoms with van der Waals surface area (Å²) in [5.41, 5.74) is 1.80. The maximum atomic E-state index is 11.7. The summed E-state index contributed by atoms with van der Waals surface area (Å²) < 4.78 is 0. The molecule has 7 heteroatoms. The quantitative estimate of drug-likeness (QED) is 0.209. The number of benzene rings is 3. The molecule has 0 spiro atoms. The third kappa shape index (κ3) is 4.72. The molecule has 0 aliphatic carbocycles. The van der Waals surface area contributed by atoms with Crippen LogP contribution >= 0.6 is 0 Å². The van der Waals surface area contributed by atoms with Gasteiger partial charge < -0.3 is 20.4 Å². The molecule has 7 nitrogen and oxygen atoms in total. The molecule has 33 heavy (non-hydrogen) atoms. The first-order chi connectivity index (χ1) is 15.1. The van der Waals surface area contributed by atoms with E-state index in [-0.39, 0.29) is 28.7 Å². The summed E-state index contributed by atoms with van der Waals surface area (Å²) in [5.74, 6) is -1.09. The molecule has 0 bridgehead atoms. The van der Waals surface area contributed by atoms with Crippen LogP contribution in [-0.2, 0) is 10.8 Å². The lowest BCUT2D eigenvalue weighted by Gasteiger charge is -2.23. The predicted molar refractivity (Wildman–Crippen MR) is 128 cm³/mol. The Morgan fingerprint density at radius 2 is 0.939 bits per heavy atom. The van der Waals surface area contributed by atoms with Gasteiger partial charge in [0, 0.05) is 23.3 Å². The fourth-order valence-electron chi connectivity index (χ4n) is 3.76. The Morgan fingerprint density at radius 3 is 1.24 bits per heavy atom. The normalized spacial score (nSPS) is 12.1. The van der Waals surface area contributed by atoms with Crippen LogP contribution in [0.1, 0.15) is 52.7 Å². The summed E-state index contributed by atoms with van der Waals surface area (Å²) in [6.07, 6.45) is 0. The summed E-state index contributed by atoms with van der Waals surface area (Å²) in [6.45, 7) is 11.3. The van der Waals surface area contributed by atoms with E-state index in [1.807, 2.05) is 41.5 Å². The van der Waals surface area contributed by atoms with Crippen LogP contribution < -0.4 is 0 Å². The van der Waals surface area contributed by atoms with Gasteiger partial charge in [0.15, 0.2) is 23.0 Å². The van der Waals surface area contributed by atoms with Gasteiger partial charge in [-0.05, 0) is 63.4 Å². The molecule has 0 aliphatic rings. The molecule has 0 saturated heterocycles. The van der Waals surface area contributed by atoms with Gasteiger partial charge in [0.05, 0.1) is 4.92 Å². The number of hydrogen-bond donors (Lipinski definition) is 4. The summed E-state index contributed by atoms with van der Waals surface area (Å²) >= 11 is 0. The Bertz CT molecular complexity index is 1160. The number of phenols is 4. The fraction of sp³-hybridized carbons (Fsp3) is 0.308. The number of nitro groups is 1. The Balaban J connectivity index is 2.30. The van der Waals surface area contributed by atoms with Crippen LogP contribution in [-0.4, -0.2) is 25.3 Å². The largest absolute Gasteiger partial charge is 0.504 e. The standard InChI is InChI=1S/C26H29NO6/c1-25(2,3)19-10-16(12-21(28)23(19)30)14-7-15(9-18(8-14)27(32)33)17-11-20(26(4,5)6)24(31)22(29)13-17/h7-13,28-31H,1-6H3. The van der Waals surface area contributed by atoms with Gasteiger partial charge in [-0.15, -0.1) is 0 Å². The fourth-order valence-corrected chi connectivity index (χ4v) is 3.76. The van der Waals surface area contributed by atoms with E-state index in [1.54, 1.807) is 18.2 Å². The molecule has 0 saturated carbocycles. The summed E-state index contributed by atoms with van der Waals surface area (Å²) in [6, 6.07) is 10.6. The van der Waals surface area contributed by atoms with Gasteiger partial charge in [0.2, 0.25) is 0 Å². The number of aromatic hydroxyl groups is 4. The van der Waals surface area contributed by atoms with Crippen LogP contribution in [0.3, 0.4) is 0 Å². The third-order valence-electron chi connectivity index (χ3n) is 5.59. The van der Waals surface area contributed by atoms with E-state index < -0.39 is 15.8 Å². The smallest absolute Gasteiger partial charge is 0.270 e. The molecular formula is C26H29NO6. The topological polar surface area (TPSA) is 124 Å². The molecular weight excluding hydrogens is 422 g/mol. The van der Waals surface area contributed by atoms with Gasteiger partial charge in [-0.1, -0.05) is 41.5 Å². The van der Waals surface area contributed by atoms with Gasteiger partial charge in [-0.25, -0.2) is 0 Å². The molecule has 0 heterocycles. The van der Waals surface area contributed by atoms with Crippen LogP contribution in [0, 0.1) is 10.1 Å². The number of nitro benzene ring substituents is 1. The Kier molecular flexibility index (Phi) is 5.79. The van der Waals surface area contributed by atoms with Crippen molar-refractivity contribution in [2.75, 3.05) is 0 Å². The van der Waals surface area contributed by atoms with Gasteiger partial charge in [0.25, 0.3) is 5.69 Å². The molecule has 0 amide bonds. The van der Waals surface area contributed by atoms with E-state index in [4.69, 9.17) is 0 Å². The molecule has 0 aromatic heterocycles. The van der Waals surface area contributed by atoms with E-state index in [2.05, 4.69) is 0 Å². The van der Waals surface area contributed by atoms with Crippen molar-refractivity contribution in [2.45, 2.75) is 52.4 Å². The van der Waals surface area contributed by atoms with E-state index in [0.29, 0.717) is 33.4 Å². The zero-order valence-electron chi connectivity index (χ0n) is 19.6. The first-order valence-electron chi connectivity index (χ1n) is 10.5. The van der Waals surface area contributed by atoms with Crippen molar-refractivity contribution in [3.63, 3.8) is 0 Å². The number of non-ortho nitro benzene ring substituents is 1. The van der Waals surface area contributed by atoms with Crippen molar-refractivity contribution in [1.82, 2.24) is 0 Å². The van der Waals surface area contributed by atoms with Crippen molar-refractivity contribution >= 4 is 5.69 Å². The highest BCUT2D eigenvalue weighted by atomic mass is 16.6. The lowest BCUT2D eigenvalue weighted by atomic mass is 9.83. The van der Waals surface area contributed by atoms with Crippen LogP contribution in [0.4, 0.5) is 5.69 Å². The molecule has 0 unspecified atom stereocenters. The lowest BCUT2D eigenvalue weighted by Crippen LogP contribution is -2.11. The molecule has 0 atom stereocenters. The zero-order valence-corrected chi connectivity index (χ0v) is 19.6. The van der Waals surface area contributed by atoms with E-state index in [9.17, 15) is 30.5 Å². The Labute approximate surface area is 192 Å². The molecule has 3 rings (SSSR count). The third-order valence-corrected chi connectivity index (χ3v) is 5.59. The molecule has 3 aromatic carbocycles. The minimum Gasteiger partial charge on any atom is -0.504 e. The predicted octanol–water partition coefficient (Wildman–Crippen LogP) is 6.35. The van der Waals surface area contributed by atoms with Gasteiger partial charge in [-0.2, -0.15) is 0 Å². The first kappa shape index (κ1) is 23.9. The van der Waals surface area contributed by atoms with Crippen LogP contribution in [0.25, 0.3) is 22.3 Å². The molecule has 0 aliphatic heterocycles. The van der Waals surface area contributed by atoms with Gasteiger partial charge >= 0.3 is 0 Å². The second-order valence-corrected chi connectivity index (χ2v) is 10.3. The maximum absolute atomic E-state index is 11.7. The van der Waals surface area contributed by atoms with E-state index in [1.165, 1.54) is 24.3 Å². The molecule has 3 aromatic rings. The second kappa shape index (κ2) is 7.99. The first-order valence-corrected chi connectivity index (χ1v) is 10.5. The van der Waals surface area contributed by atoms with Crippen molar-refractivity contribution in [2.24, 2.45) is 0 Å². The Hall–Kier alpha value is -3.74. The second-order valence-electron chi connectivity index (χ2n) is 10.3. The highest BCUT2D eigenvalue weighted by Gasteiger charge is 2.24. The average Bonchev–Trinajstić information content (AvgIpc) is 2.69. The maximum Gasteiger partial charge on any atom is 0.270 e. The number of hydrogen-bond acceptors (Lipinski definition) is 6. The average molecular weight is 452 g/mol. The number of rotatable bonds is 3. The minimum atomic E-state index is -0.511. The molecule has 0 radical (unpaired) electrons. The van der Waals surface area contributed by atoms with Crippen LogP contribution in [0.5, 0.6) is 23.0 Å². The zero-order chi connectivity index (χ0) is 24.9. The van der Waals surface area contributed by atoms with Gasteiger partial charge in [0.1, 0.15) is 0 Å². The van der Waals surface area contributed by atoms with Crippen LogP contribution in [0.2, 0.25) is 0 Å². The SMILES string of the molecule is CC(C)(C)c1cc(-c2cc(-c3cc(O)c(O)c(C(C)(C)C)c3)cc([N+](=O)[O-])c2)cc(O)c1O. The summed E-state index contributed by atoms with van der Waals surface area (Å²) in [4.78, 5) is 11.2. The summed E-state index contributed by atoms with van der Waals surface area (Å²) in [5, 5.41) is 53.0. The van der Waals surface area contributed by atoms with E-state index >= 15 is 0 Å². The number of nitrogens with zero attached hydrogens (tertiary/aromatic N) is 1. The minimum absolute atomic E-state index is 0.169. The summed E-state index contributed by atoms with van der Waals surface area (Å²) in [7, 11) is 0. The highest BCUT2D eigenvalue weighted by Crippen LogP contribution is 2.44. The molecule has 0 fully saturated rings. The monoisotopic (exact) mass is 451 g/mol. The Morgan fingerprint density at radius 1 is 0.606 bits per heavy atom. The van der Waals surface area contributed by atoms with E-state index in [0.717, 1.165) is 0 Å². The van der Waals surface area contributed by atoms with Crippen molar-refractivity contribution < 1.29 is 25.3 Å². The molecule has 4 N–H and O–H groups in total. The van der Waals surface area contributed by atoms with Gasteiger partial charge in [-0.3, -0.25) is 10.1 Å². The number of phenolic OH excluding ortho intramolecular Hbond substituents is 4. The lowest BCUT2D eigenvalue weighted by molar-refractivity contribution is -0.384. The van der Waals surface area contributed by atoms with Crippen molar-refractivity contribution in [3.05, 3.63) is 63.7 Å². The van der Waals surface area contributed by atoms with Crippen molar-refractivity contribution in [3.8, 4) is 45.3 Å². The van der Waals surface area contributed by atoms with Crippen molar-refractivity contribution in [1.29, 1.82) is 0 Å².